The molecule has 3 nitrogen and oxygen atoms in total. The van der Waals surface area contributed by atoms with E-state index in [9.17, 15) is 9.59 Å². The second-order valence-electron chi connectivity index (χ2n) is 5.55. The second kappa shape index (κ2) is 2.64. The average Bonchev–Trinajstić information content (AvgIpc) is 3.02. The number of ether oxygens (including phenoxy) is 1. The summed E-state index contributed by atoms with van der Waals surface area (Å²) in [6, 6.07) is 7.16. The third kappa shape index (κ3) is 0.821. The molecule has 0 N–H and O–H groups in total. The van der Waals surface area contributed by atoms with Gasteiger partial charge in [0.15, 0.2) is 11.6 Å². The van der Waals surface area contributed by atoms with Gasteiger partial charge in [-0.05, 0) is 6.42 Å². The molecule has 18 heavy (non-hydrogen) atoms. The van der Waals surface area contributed by atoms with Crippen LogP contribution >= 0.6 is 0 Å². The Hall–Kier alpha value is -1.74. The zero-order chi connectivity index (χ0) is 12.0. The summed E-state index contributed by atoms with van der Waals surface area (Å²) >= 11 is 0. The molecule has 4 aliphatic rings. The molecule has 0 unspecified atom stereocenters. The molecule has 2 fully saturated rings. The Kier molecular flexibility index (Phi) is 1.35. The summed E-state index contributed by atoms with van der Waals surface area (Å²) in [4.78, 5) is 25.1. The first kappa shape index (κ1) is 9.22. The van der Waals surface area contributed by atoms with Crippen LogP contribution in [0.5, 0.6) is 0 Å². The Morgan fingerprint density at radius 3 is 1.89 bits per heavy atom. The summed E-state index contributed by atoms with van der Waals surface area (Å²) in [5, 5.41) is 0. The van der Waals surface area contributed by atoms with Crippen LogP contribution in [-0.4, -0.2) is 23.8 Å². The summed E-state index contributed by atoms with van der Waals surface area (Å²) in [5.74, 6) is 0.475. The first-order valence-electron chi connectivity index (χ1n) is 6.35. The molecule has 4 atom stereocenters. The van der Waals surface area contributed by atoms with E-state index in [0.29, 0.717) is 11.1 Å². The number of hydrogen-bond acceptors (Lipinski definition) is 3. The molecule has 1 heterocycles. The molecule has 0 aromatic heterocycles. The van der Waals surface area contributed by atoms with E-state index in [1.807, 2.05) is 12.1 Å². The van der Waals surface area contributed by atoms with Crippen molar-refractivity contribution in [3.05, 3.63) is 46.5 Å². The molecule has 88 valence electrons. The van der Waals surface area contributed by atoms with E-state index in [1.54, 1.807) is 12.1 Å². The van der Waals surface area contributed by atoms with Crippen LogP contribution in [0.3, 0.4) is 0 Å². The molecule has 3 aliphatic carbocycles. The largest absolute Gasteiger partial charge is 0.368 e. The van der Waals surface area contributed by atoms with Gasteiger partial charge in [-0.1, -0.05) is 24.3 Å². The molecule has 1 saturated heterocycles. The number of benzene rings is 1. The first-order chi connectivity index (χ1) is 8.77. The molecule has 1 aromatic rings. The van der Waals surface area contributed by atoms with E-state index in [4.69, 9.17) is 4.74 Å². The lowest BCUT2D eigenvalue weighted by Crippen LogP contribution is -2.28. The van der Waals surface area contributed by atoms with Gasteiger partial charge in [-0.15, -0.1) is 0 Å². The predicted molar refractivity (Wildman–Crippen MR) is 62.4 cm³/mol. The normalized spacial score (nSPS) is 38.7. The summed E-state index contributed by atoms with van der Waals surface area (Å²) in [6.45, 7) is 0. The quantitative estimate of drug-likeness (QED) is 0.647. The maximum atomic E-state index is 12.5. The second-order valence-corrected chi connectivity index (χ2v) is 5.55. The third-order valence-electron chi connectivity index (χ3n) is 4.80. The van der Waals surface area contributed by atoms with Crippen LogP contribution in [0.25, 0.3) is 0 Å². The number of ketones is 2. The highest BCUT2D eigenvalue weighted by atomic mass is 16.6. The van der Waals surface area contributed by atoms with Gasteiger partial charge in [0.05, 0.1) is 12.2 Å². The van der Waals surface area contributed by atoms with Crippen LogP contribution in [0.1, 0.15) is 27.1 Å². The molecule has 5 rings (SSSR count). The highest BCUT2D eigenvalue weighted by Crippen LogP contribution is 2.60. The Morgan fingerprint density at radius 2 is 1.39 bits per heavy atom. The maximum absolute atomic E-state index is 12.5. The average molecular weight is 238 g/mol. The van der Waals surface area contributed by atoms with Gasteiger partial charge in [0.1, 0.15) is 0 Å². The van der Waals surface area contributed by atoms with Crippen molar-refractivity contribution in [2.75, 3.05) is 0 Å². The lowest BCUT2D eigenvalue weighted by atomic mass is 9.77. The van der Waals surface area contributed by atoms with Crippen molar-refractivity contribution < 1.29 is 14.3 Å². The number of carbonyl (C=O) groups is 2. The van der Waals surface area contributed by atoms with Crippen molar-refractivity contribution >= 4 is 11.6 Å². The van der Waals surface area contributed by atoms with Crippen LogP contribution in [0, 0.1) is 11.8 Å². The Bertz CT molecular complexity index is 615. The van der Waals surface area contributed by atoms with Crippen molar-refractivity contribution in [3.8, 4) is 0 Å². The highest BCUT2D eigenvalue weighted by Gasteiger charge is 2.66. The molecular formula is C15H10O3. The summed E-state index contributed by atoms with van der Waals surface area (Å²) < 4.78 is 5.58. The molecule has 0 radical (unpaired) electrons. The van der Waals surface area contributed by atoms with E-state index in [0.717, 1.165) is 17.6 Å². The fraction of sp³-hybridized carbons (Fsp3) is 0.333. The van der Waals surface area contributed by atoms with Crippen molar-refractivity contribution in [2.24, 2.45) is 11.8 Å². The number of rotatable bonds is 0. The molecule has 1 saturated carbocycles. The van der Waals surface area contributed by atoms with Gasteiger partial charge in [0.25, 0.3) is 0 Å². The molecule has 1 aliphatic heterocycles. The zero-order valence-electron chi connectivity index (χ0n) is 9.55. The Labute approximate surface area is 103 Å². The lowest BCUT2D eigenvalue weighted by Gasteiger charge is -2.22. The van der Waals surface area contributed by atoms with E-state index >= 15 is 0 Å². The van der Waals surface area contributed by atoms with E-state index in [-0.39, 0.29) is 35.6 Å². The Balaban J connectivity index is 1.79. The van der Waals surface area contributed by atoms with Gasteiger partial charge < -0.3 is 4.74 Å². The fourth-order valence-electron chi connectivity index (χ4n) is 4.04. The fourth-order valence-corrected chi connectivity index (χ4v) is 4.04. The monoisotopic (exact) mass is 238 g/mol. The van der Waals surface area contributed by atoms with Crippen molar-refractivity contribution in [3.63, 3.8) is 0 Å². The third-order valence-corrected chi connectivity index (χ3v) is 4.80. The SMILES string of the molecule is O=C1C2=C(C(=O)c3ccccc31)[C@@H]1C[C@H]2[C@H]2O[C@H]21. The highest BCUT2D eigenvalue weighted by molar-refractivity contribution is 6.28. The van der Waals surface area contributed by atoms with Gasteiger partial charge in [-0.2, -0.15) is 0 Å². The van der Waals surface area contributed by atoms with Crippen LogP contribution in [0.2, 0.25) is 0 Å². The predicted octanol–water partition coefficient (Wildman–Crippen LogP) is 1.78. The van der Waals surface area contributed by atoms with Gasteiger partial charge in [-0.25, -0.2) is 0 Å². The van der Waals surface area contributed by atoms with Gasteiger partial charge in [0.2, 0.25) is 0 Å². The van der Waals surface area contributed by atoms with Crippen LogP contribution in [0.15, 0.2) is 35.4 Å². The van der Waals surface area contributed by atoms with Crippen molar-refractivity contribution in [1.82, 2.24) is 0 Å². The van der Waals surface area contributed by atoms with E-state index < -0.39 is 0 Å². The van der Waals surface area contributed by atoms with Crippen LogP contribution in [-0.2, 0) is 4.74 Å². The maximum Gasteiger partial charge on any atom is 0.190 e. The van der Waals surface area contributed by atoms with Gasteiger partial charge in [-0.3, -0.25) is 9.59 Å². The van der Waals surface area contributed by atoms with E-state index in [2.05, 4.69) is 0 Å². The number of fused-ring (bicyclic) bond motifs is 8. The molecule has 1 aromatic carbocycles. The summed E-state index contributed by atoms with van der Waals surface area (Å²) in [7, 11) is 0. The Morgan fingerprint density at radius 1 is 0.889 bits per heavy atom. The minimum absolute atomic E-state index is 0.0571. The number of epoxide rings is 1. The first-order valence-corrected chi connectivity index (χ1v) is 6.35. The molecular weight excluding hydrogens is 228 g/mol. The molecule has 0 spiro atoms. The molecule has 0 amide bonds. The number of carbonyl (C=O) groups excluding carboxylic acids is 2. The molecule has 2 bridgehead atoms. The topological polar surface area (TPSA) is 46.7 Å². The lowest BCUT2D eigenvalue weighted by molar-refractivity contribution is 0.0965. The molecule has 3 heteroatoms. The van der Waals surface area contributed by atoms with Gasteiger partial charge >= 0.3 is 0 Å². The van der Waals surface area contributed by atoms with Crippen LogP contribution in [0.4, 0.5) is 0 Å². The standard InChI is InChI=1S/C15H10O3/c16-12-6-3-1-2-4-7(6)13(17)11-9-5-8(10(11)12)14-15(9)18-14/h1-4,8-9,14-15H,5H2/t8-,9+,14-,15+. The minimum Gasteiger partial charge on any atom is -0.368 e. The van der Waals surface area contributed by atoms with Crippen molar-refractivity contribution in [1.29, 1.82) is 0 Å². The van der Waals surface area contributed by atoms with Gasteiger partial charge in [0, 0.05) is 34.1 Å². The summed E-state index contributed by atoms with van der Waals surface area (Å²) in [5.41, 5.74) is 2.68. The number of Topliss-reactive ketones (excluding diaryl/α,β-unsaturated/α-hetero) is 2. The van der Waals surface area contributed by atoms with Crippen LogP contribution < -0.4 is 0 Å². The number of hydrogen-bond donors (Lipinski definition) is 0. The van der Waals surface area contributed by atoms with E-state index in [1.165, 1.54) is 0 Å². The minimum atomic E-state index is 0.0571. The smallest absolute Gasteiger partial charge is 0.190 e. The van der Waals surface area contributed by atoms with Crippen molar-refractivity contribution in [2.45, 2.75) is 18.6 Å². The zero-order valence-corrected chi connectivity index (χ0v) is 9.55. The summed E-state index contributed by atoms with van der Waals surface area (Å²) in [6.07, 6.45) is 1.37.